The third kappa shape index (κ3) is 6.59. The maximum absolute atomic E-state index is 11.9. The van der Waals surface area contributed by atoms with E-state index in [1.807, 2.05) is 30.3 Å². The summed E-state index contributed by atoms with van der Waals surface area (Å²) in [5.74, 6) is 0. The summed E-state index contributed by atoms with van der Waals surface area (Å²) in [6, 6.07) is 10.6. The predicted octanol–water partition coefficient (Wildman–Crippen LogP) is 3.41. The summed E-state index contributed by atoms with van der Waals surface area (Å²) in [5.41, 5.74) is 0.930. The third-order valence-corrected chi connectivity index (χ3v) is 4.96. The van der Waals surface area contributed by atoms with Gasteiger partial charge in [0.1, 0.15) is 6.10 Å². The fraction of sp³-hybridized carbons (Fsp3) is 0.562. The lowest BCUT2D eigenvalue weighted by Gasteiger charge is -2.26. The number of methoxy groups -OCH3 is 2. The highest BCUT2D eigenvalue weighted by Gasteiger charge is 2.25. The molecule has 1 amide bonds. The Morgan fingerprint density at radius 3 is 2.27 bits per heavy atom. The average Bonchev–Trinajstić information content (AvgIpc) is 2.46. The van der Waals surface area contributed by atoms with E-state index in [1.54, 1.807) is 7.11 Å². The molecule has 0 aliphatic carbocycles. The summed E-state index contributed by atoms with van der Waals surface area (Å²) in [5, 5.41) is 2.71. The van der Waals surface area contributed by atoms with Gasteiger partial charge in [0.2, 0.25) is 0 Å². The molecule has 1 N–H and O–H groups in total. The lowest BCUT2D eigenvalue weighted by Crippen LogP contribution is -2.42. The number of benzene rings is 1. The summed E-state index contributed by atoms with van der Waals surface area (Å²) in [7, 11) is 1.90. The normalized spacial score (nSPS) is 14.2. The van der Waals surface area contributed by atoms with Gasteiger partial charge in [-0.25, -0.2) is 4.79 Å². The minimum Gasteiger partial charge on any atom is -0.450 e. The number of amides is 1. The Morgan fingerprint density at radius 2 is 1.77 bits per heavy atom. The van der Waals surface area contributed by atoms with Gasteiger partial charge in [0.25, 0.3) is 0 Å². The Bertz CT molecular complexity index is 447. The Balaban J connectivity index is 2.57. The smallest absolute Gasteiger partial charge is 0.409 e. The van der Waals surface area contributed by atoms with Gasteiger partial charge in [-0.15, -0.1) is 0 Å². The van der Waals surface area contributed by atoms with Gasteiger partial charge in [0.05, 0.1) is 6.61 Å². The molecule has 0 spiro atoms. The van der Waals surface area contributed by atoms with Crippen molar-refractivity contribution in [2.75, 3.05) is 20.8 Å². The molecule has 5 nitrogen and oxygen atoms in total. The molecule has 0 fully saturated rings. The van der Waals surface area contributed by atoms with Gasteiger partial charge < -0.3 is 14.2 Å². The van der Waals surface area contributed by atoms with Crippen molar-refractivity contribution in [3.8, 4) is 0 Å². The second-order valence-corrected chi connectivity index (χ2v) is 11.9. The molecular weight excluding hydrogens is 298 g/mol. The summed E-state index contributed by atoms with van der Waals surface area (Å²) >= 11 is 0. The Kier molecular flexibility index (Phi) is 7.57. The van der Waals surface area contributed by atoms with Crippen molar-refractivity contribution < 1.29 is 19.0 Å². The molecule has 2 atom stereocenters. The maximum Gasteiger partial charge on any atom is 0.409 e. The van der Waals surface area contributed by atoms with Crippen LogP contribution < -0.4 is 5.32 Å². The topological polar surface area (TPSA) is 56.8 Å². The molecule has 0 saturated carbocycles. The predicted molar refractivity (Wildman–Crippen MR) is 89.6 cm³/mol. The van der Waals surface area contributed by atoms with E-state index >= 15 is 0 Å². The lowest BCUT2D eigenvalue weighted by molar-refractivity contribution is -0.0528. The molecule has 124 valence electrons. The first-order valence-corrected chi connectivity index (χ1v) is 11.1. The fourth-order valence-electron chi connectivity index (χ4n) is 1.94. The summed E-state index contributed by atoms with van der Waals surface area (Å²) < 4.78 is 16.0. The molecule has 0 unspecified atom stereocenters. The first-order valence-electron chi connectivity index (χ1n) is 7.41. The van der Waals surface area contributed by atoms with Gasteiger partial charge in [0, 0.05) is 22.3 Å². The summed E-state index contributed by atoms with van der Waals surface area (Å²) in [4.78, 5) is 11.9. The molecule has 1 aromatic carbocycles. The first kappa shape index (κ1) is 18.7. The number of hydrogen-bond acceptors (Lipinski definition) is 4. The minimum absolute atomic E-state index is 0.393. The zero-order chi connectivity index (χ0) is 16.6. The van der Waals surface area contributed by atoms with E-state index in [0.717, 1.165) is 11.6 Å². The zero-order valence-electron chi connectivity index (χ0n) is 14.1. The van der Waals surface area contributed by atoms with Crippen LogP contribution in [0.15, 0.2) is 30.3 Å². The highest BCUT2D eigenvalue weighted by Crippen LogP contribution is 2.21. The Hall–Kier alpha value is -1.37. The van der Waals surface area contributed by atoms with Crippen molar-refractivity contribution in [1.29, 1.82) is 0 Å². The van der Waals surface area contributed by atoms with Crippen LogP contribution in [0, 0.1) is 0 Å². The fourth-order valence-corrected chi connectivity index (χ4v) is 2.66. The summed E-state index contributed by atoms with van der Waals surface area (Å²) in [6.07, 6.45) is -1.48. The number of alkyl carbamates (subject to hydrolysis) is 1. The van der Waals surface area contributed by atoms with Crippen molar-refractivity contribution in [2.45, 2.75) is 38.0 Å². The number of hydrogen-bond donors (Lipinski definition) is 1. The van der Waals surface area contributed by atoms with Crippen molar-refractivity contribution >= 4 is 14.2 Å². The van der Waals surface area contributed by atoms with E-state index in [-0.39, 0.29) is 0 Å². The van der Waals surface area contributed by atoms with Gasteiger partial charge in [-0.1, -0.05) is 50.0 Å². The van der Waals surface area contributed by atoms with Gasteiger partial charge in [-0.2, -0.15) is 0 Å². The van der Waals surface area contributed by atoms with Gasteiger partial charge >= 0.3 is 6.09 Å². The van der Waals surface area contributed by atoms with E-state index in [2.05, 4.69) is 25.0 Å². The maximum atomic E-state index is 11.9. The third-order valence-electron chi connectivity index (χ3n) is 3.26. The molecule has 0 radical (unpaired) electrons. The number of carbonyl (C=O) groups excluding carboxylic acids is 1. The average molecular weight is 325 g/mol. The number of nitrogens with one attached hydrogen (secondary N) is 1. The highest BCUT2D eigenvalue weighted by molar-refractivity contribution is 6.76. The number of carbonyl (C=O) groups is 1. The monoisotopic (exact) mass is 325 g/mol. The molecule has 6 heteroatoms. The van der Waals surface area contributed by atoms with E-state index in [0.29, 0.717) is 6.61 Å². The van der Waals surface area contributed by atoms with E-state index in [4.69, 9.17) is 14.2 Å². The molecule has 0 heterocycles. The first-order chi connectivity index (χ1) is 10.4. The Labute approximate surface area is 134 Å². The molecular formula is C16H27NO4Si. The van der Waals surface area contributed by atoms with Crippen molar-refractivity contribution in [2.24, 2.45) is 0 Å². The largest absolute Gasteiger partial charge is 0.450 e. The van der Waals surface area contributed by atoms with Gasteiger partial charge in [-0.05, 0) is 11.6 Å². The van der Waals surface area contributed by atoms with Gasteiger partial charge in [0.15, 0.2) is 6.23 Å². The molecule has 0 aliphatic heterocycles. The SMILES string of the molecule is CO[C@H](c1ccccc1)[C@@H](NC(=O)OCC[Si](C)(C)C)OC. The Morgan fingerprint density at radius 1 is 1.14 bits per heavy atom. The zero-order valence-corrected chi connectivity index (χ0v) is 15.1. The van der Waals surface area contributed by atoms with Crippen LogP contribution in [-0.2, 0) is 14.2 Å². The van der Waals surface area contributed by atoms with E-state index in [9.17, 15) is 4.79 Å². The molecule has 1 aromatic rings. The highest BCUT2D eigenvalue weighted by atomic mass is 28.3. The van der Waals surface area contributed by atoms with Crippen molar-refractivity contribution in [1.82, 2.24) is 5.32 Å². The minimum atomic E-state index is -1.21. The van der Waals surface area contributed by atoms with Crippen LogP contribution in [-0.4, -0.2) is 41.2 Å². The quantitative estimate of drug-likeness (QED) is 0.588. The van der Waals surface area contributed by atoms with E-state index < -0.39 is 26.5 Å². The number of rotatable bonds is 8. The molecule has 0 aliphatic rings. The van der Waals surface area contributed by atoms with Crippen LogP contribution in [0.5, 0.6) is 0 Å². The molecule has 0 aromatic heterocycles. The summed E-state index contributed by atoms with van der Waals surface area (Å²) in [6.45, 7) is 7.15. The van der Waals surface area contributed by atoms with Crippen LogP contribution in [0.4, 0.5) is 4.79 Å². The molecule has 0 bridgehead atoms. The molecule has 22 heavy (non-hydrogen) atoms. The second kappa shape index (κ2) is 8.92. The lowest BCUT2D eigenvalue weighted by atomic mass is 10.1. The van der Waals surface area contributed by atoms with Crippen LogP contribution in [0.25, 0.3) is 0 Å². The van der Waals surface area contributed by atoms with Crippen LogP contribution in [0.2, 0.25) is 25.7 Å². The van der Waals surface area contributed by atoms with Crippen molar-refractivity contribution in [3.63, 3.8) is 0 Å². The molecule has 0 saturated heterocycles. The van der Waals surface area contributed by atoms with Gasteiger partial charge in [-0.3, -0.25) is 5.32 Å². The second-order valence-electron chi connectivity index (χ2n) is 6.31. The number of ether oxygens (including phenoxy) is 3. The van der Waals surface area contributed by atoms with Crippen LogP contribution in [0.1, 0.15) is 11.7 Å². The van der Waals surface area contributed by atoms with Crippen LogP contribution in [0.3, 0.4) is 0 Å². The standard InChI is InChI=1S/C16H27NO4Si/c1-19-14(13-9-7-6-8-10-13)15(20-2)17-16(18)21-11-12-22(3,4)5/h6-10,14-15H,11-12H2,1-5H3,(H,17,18)/t14-,15+/m1/s1. The van der Waals surface area contributed by atoms with Crippen LogP contribution >= 0.6 is 0 Å². The molecule has 1 rings (SSSR count). The van der Waals surface area contributed by atoms with Crippen molar-refractivity contribution in [3.05, 3.63) is 35.9 Å². The van der Waals surface area contributed by atoms with E-state index in [1.165, 1.54) is 7.11 Å².